The van der Waals surface area contributed by atoms with Crippen LogP contribution >= 0.6 is 0 Å². The lowest BCUT2D eigenvalue weighted by Gasteiger charge is -2.18. The predicted octanol–water partition coefficient (Wildman–Crippen LogP) is 3.21. The molecule has 1 amide bonds. The van der Waals surface area contributed by atoms with Crippen LogP contribution in [0.5, 0.6) is 0 Å². The van der Waals surface area contributed by atoms with Gasteiger partial charge >= 0.3 is 0 Å². The Kier molecular flexibility index (Phi) is 4.44. The Morgan fingerprint density at radius 2 is 2.04 bits per heavy atom. The number of ether oxygens (including phenoxy) is 1. The second-order valence-corrected chi connectivity index (χ2v) is 7.96. The molecular weight excluding hydrogens is 340 g/mol. The first-order valence-electron chi connectivity index (χ1n) is 9.26. The van der Waals surface area contributed by atoms with Gasteiger partial charge in [-0.15, -0.1) is 0 Å². The minimum atomic E-state index is -0.123. The molecule has 0 bridgehead atoms. The lowest BCUT2D eigenvalue weighted by molar-refractivity contribution is 0.0930. The second kappa shape index (κ2) is 6.78. The van der Waals surface area contributed by atoms with E-state index in [1.807, 2.05) is 40.9 Å². The third-order valence-corrected chi connectivity index (χ3v) is 4.80. The number of carbonyl (C=O) groups is 1. The summed E-state index contributed by atoms with van der Waals surface area (Å²) in [6, 6.07) is 9.69. The van der Waals surface area contributed by atoms with Crippen molar-refractivity contribution in [1.82, 2.24) is 19.7 Å². The van der Waals surface area contributed by atoms with Crippen molar-refractivity contribution in [1.29, 1.82) is 0 Å². The van der Waals surface area contributed by atoms with Crippen molar-refractivity contribution in [3.8, 4) is 11.3 Å². The Balaban J connectivity index is 1.68. The summed E-state index contributed by atoms with van der Waals surface area (Å²) in [5.74, 6) is 0.619. The largest absolute Gasteiger partial charge is 0.379 e. The van der Waals surface area contributed by atoms with E-state index in [1.54, 1.807) is 6.20 Å². The van der Waals surface area contributed by atoms with Crippen molar-refractivity contribution in [3.05, 3.63) is 54.0 Å². The fourth-order valence-electron chi connectivity index (χ4n) is 3.38. The van der Waals surface area contributed by atoms with Crippen LogP contribution in [0.25, 0.3) is 17.0 Å². The quantitative estimate of drug-likeness (QED) is 0.775. The van der Waals surface area contributed by atoms with Gasteiger partial charge in [-0.1, -0.05) is 32.9 Å². The third kappa shape index (κ3) is 3.45. The lowest BCUT2D eigenvalue weighted by Crippen LogP contribution is -2.34. The van der Waals surface area contributed by atoms with Crippen LogP contribution in [-0.2, 0) is 10.2 Å². The Hall–Kier alpha value is -2.73. The van der Waals surface area contributed by atoms with Crippen molar-refractivity contribution in [2.45, 2.75) is 38.6 Å². The number of amides is 1. The Bertz CT molecular complexity index is 964. The summed E-state index contributed by atoms with van der Waals surface area (Å²) in [4.78, 5) is 21.6. The standard InChI is InChI=1S/C21H24N4O2/c1-21(2,3)18-17(25-11-4-10-22-20(25)24-18)14-5-7-15(8-6-14)19(26)23-16-9-12-27-13-16/h4-8,10-11,16H,9,12-13H2,1-3H3,(H,23,26). The third-order valence-electron chi connectivity index (χ3n) is 4.80. The number of nitrogens with zero attached hydrogens (tertiary/aromatic N) is 3. The molecule has 0 radical (unpaired) electrons. The first-order chi connectivity index (χ1) is 12.9. The number of imidazole rings is 1. The molecular formula is C21H24N4O2. The van der Waals surface area contributed by atoms with Gasteiger partial charge in [0, 0.05) is 35.5 Å². The highest BCUT2D eigenvalue weighted by molar-refractivity contribution is 5.95. The van der Waals surface area contributed by atoms with E-state index in [0.29, 0.717) is 24.6 Å². The summed E-state index contributed by atoms with van der Waals surface area (Å²) in [7, 11) is 0. The summed E-state index contributed by atoms with van der Waals surface area (Å²) in [6.45, 7) is 7.73. The van der Waals surface area contributed by atoms with E-state index in [-0.39, 0.29) is 17.4 Å². The maximum Gasteiger partial charge on any atom is 0.251 e. The van der Waals surface area contributed by atoms with Gasteiger partial charge in [-0.25, -0.2) is 9.97 Å². The zero-order chi connectivity index (χ0) is 19.0. The van der Waals surface area contributed by atoms with Gasteiger partial charge in [-0.05, 0) is 24.6 Å². The highest BCUT2D eigenvalue weighted by Gasteiger charge is 2.25. The summed E-state index contributed by atoms with van der Waals surface area (Å²) < 4.78 is 7.32. The van der Waals surface area contributed by atoms with Gasteiger partial charge in [-0.3, -0.25) is 9.20 Å². The minimum absolute atomic E-state index is 0.0621. The Morgan fingerprint density at radius 1 is 1.26 bits per heavy atom. The molecule has 0 saturated carbocycles. The van der Waals surface area contributed by atoms with E-state index in [0.717, 1.165) is 23.4 Å². The topological polar surface area (TPSA) is 68.5 Å². The molecule has 1 atom stereocenters. The summed E-state index contributed by atoms with van der Waals surface area (Å²) in [5.41, 5.74) is 3.54. The number of carbonyl (C=O) groups excluding carboxylic acids is 1. The number of aromatic nitrogens is 3. The van der Waals surface area contributed by atoms with E-state index < -0.39 is 0 Å². The average molecular weight is 364 g/mol. The van der Waals surface area contributed by atoms with E-state index in [1.165, 1.54) is 0 Å². The van der Waals surface area contributed by atoms with Gasteiger partial charge in [0.05, 0.1) is 24.0 Å². The van der Waals surface area contributed by atoms with Crippen molar-refractivity contribution < 1.29 is 9.53 Å². The molecule has 27 heavy (non-hydrogen) atoms. The molecule has 0 spiro atoms. The molecule has 3 aromatic rings. The van der Waals surface area contributed by atoms with Crippen LogP contribution in [0.15, 0.2) is 42.7 Å². The van der Waals surface area contributed by atoms with Crippen LogP contribution in [0.3, 0.4) is 0 Å². The number of hydrogen-bond acceptors (Lipinski definition) is 4. The van der Waals surface area contributed by atoms with Gasteiger partial charge < -0.3 is 10.1 Å². The number of fused-ring (bicyclic) bond motifs is 1. The maximum absolute atomic E-state index is 12.4. The molecule has 1 N–H and O–H groups in total. The van der Waals surface area contributed by atoms with Gasteiger partial charge in [-0.2, -0.15) is 0 Å². The Labute approximate surface area is 158 Å². The van der Waals surface area contributed by atoms with Gasteiger partial charge in [0.15, 0.2) is 0 Å². The zero-order valence-corrected chi connectivity index (χ0v) is 15.9. The van der Waals surface area contributed by atoms with Gasteiger partial charge in [0.2, 0.25) is 5.78 Å². The molecule has 1 aliphatic rings. The van der Waals surface area contributed by atoms with Crippen molar-refractivity contribution in [3.63, 3.8) is 0 Å². The normalized spacial score (nSPS) is 17.4. The molecule has 1 fully saturated rings. The van der Waals surface area contributed by atoms with Crippen LogP contribution < -0.4 is 5.32 Å². The number of rotatable bonds is 3. The van der Waals surface area contributed by atoms with Gasteiger partial charge in [0.25, 0.3) is 5.91 Å². The highest BCUT2D eigenvalue weighted by atomic mass is 16.5. The molecule has 1 aliphatic heterocycles. The van der Waals surface area contributed by atoms with E-state index in [4.69, 9.17) is 9.72 Å². The fraction of sp³-hybridized carbons (Fsp3) is 0.381. The van der Waals surface area contributed by atoms with E-state index in [9.17, 15) is 4.79 Å². The molecule has 0 aliphatic carbocycles. The molecule has 6 nitrogen and oxygen atoms in total. The molecule has 1 aromatic carbocycles. The summed E-state index contributed by atoms with van der Waals surface area (Å²) in [6.07, 6.45) is 4.59. The van der Waals surface area contributed by atoms with Crippen molar-refractivity contribution in [2.24, 2.45) is 0 Å². The smallest absolute Gasteiger partial charge is 0.251 e. The van der Waals surface area contributed by atoms with E-state index in [2.05, 4.69) is 31.1 Å². The molecule has 3 heterocycles. The van der Waals surface area contributed by atoms with Crippen LogP contribution in [0.4, 0.5) is 0 Å². The van der Waals surface area contributed by atoms with Crippen molar-refractivity contribution in [2.75, 3.05) is 13.2 Å². The second-order valence-electron chi connectivity index (χ2n) is 7.96. The molecule has 1 unspecified atom stereocenters. The molecule has 1 saturated heterocycles. The fourth-order valence-corrected chi connectivity index (χ4v) is 3.38. The number of nitrogens with one attached hydrogen (secondary N) is 1. The zero-order valence-electron chi connectivity index (χ0n) is 15.9. The first-order valence-corrected chi connectivity index (χ1v) is 9.26. The monoisotopic (exact) mass is 364 g/mol. The Morgan fingerprint density at radius 3 is 2.70 bits per heavy atom. The number of benzene rings is 1. The average Bonchev–Trinajstić information content (AvgIpc) is 3.28. The maximum atomic E-state index is 12.4. The van der Waals surface area contributed by atoms with E-state index >= 15 is 0 Å². The minimum Gasteiger partial charge on any atom is -0.379 e. The molecule has 6 heteroatoms. The highest BCUT2D eigenvalue weighted by Crippen LogP contribution is 2.33. The molecule has 2 aromatic heterocycles. The van der Waals surface area contributed by atoms with Crippen molar-refractivity contribution >= 4 is 11.7 Å². The van der Waals surface area contributed by atoms with Crippen LogP contribution in [0.2, 0.25) is 0 Å². The molecule has 140 valence electrons. The first kappa shape index (κ1) is 17.7. The van der Waals surface area contributed by atoms with Gasteiger partial charge in [0.1, 0.15) is 0 Å². The molecule has 4 rings (SSSR count). The predicted molar refractivity (Wildman–Crippen MR) is 104 cm³/mol. The van der Waals surface area contributed by atoms with Crippen LogP contribution in [0.1, 0.15) is 43.2 Å². The SMILES string of the molecule is CC(C)(C)c1nc2ncccn2c1-c1ccc(C(=O)NC2CCOC2)cc1. The number of hydrogen-bond donors (Lipinski definition) is 1. The summed E-state index contributed by atoms with van der Waals surface area (Å²) in [5, 5.41) is 3.02. The lowest BCUT2D eigenvalue weighted by atomic mass is 9.89. The summed E-state index contributed by atoms with van der Waals surface area (Å²) >= 11 is 0. The van der Waals surface area contributed by atoms with Crippen LogP contribution in [-0.4, -0.2) is 39.5 Å². The van der Waals surface area contributed by atoms with Crippen LogP contribution in [0, 0.1) is 0 Å².